The van der Waals surface area contributed by atoms with Crippen molar-refractivity contribution >= 4 is 36.0 Å². The van der Waals surface area contributed by atoms with E-state index in [4.69, 9.17) is 9.47 Å². The topological polar surface area (TPSA) is 78.4 Å². The molecule has 0 aromatic rings. The number of nitrogens with one attached hydrogen (secondary N) is 2. The van der Waals surface area contributed by atoms with E-state index in [0.717, 1.165) is 84.2 Å². The van der Waals surface area contributed by atoms with Gasteiger partial charge in [0.1, 0.15) is 5.60 Å². The Morgan fingerprint density at radius 1 is 1.03 bits per heavy atom. The first-order valence-corrected chi connectivity index (χ1v) is 10.6. The van der Waals surface area contributed by atoms with E-state index in [1.807, 2.05) is 27.7 Å². The van der Waals surface area contributed by atoms with Gasteiger partial charge in [0.25, 0.3) is 0 Å². The van der Waals surface area contributed by atoms with Crippen LogP contribution in [0.5, 0.6) is 0 Å². The fourth-order valence-corrected chi connectivity index (χ4v) is 2.89. The minimum atomic E-state index is -0.435. The molecule has 8 nitrogen and oxygen atoms in total. The smallest absolute Gasteiger partial charge is 0.410 e. The molecule has 1 heterocycles. The van der Waals surface area contributed by atoms with Gasteiger partial charge in [-0.2, -0.15) is 0 Å². The van der Waals surface area contributed by atoms with Gasteiger partial charge in [0.2, 0.25) is 0 Å². The average molecular weight is 527 g/mol. The zero-order chi connectivity index (χ0) is 20.8. The molecule has 0 aliphatic carbocycles. The molecule has 1 fully saturated rings. The van der Waals surface area contributed by atoms with Crippen LogP contribution in [-0.2, 0) is 9.47 Å². The molecular formula is C20H42IN5O3. The third-order valence-corrected chi connectivity index (χ3v) is 4.40. The van der Waals surface area contributed by atoms with Gasteiger partial charge in [-0.3, -0.25) is 9.89 Å². The number of hydrogen-bond donors (Lipinski definition) is 2. The number of halogens is 1. The highest BCUT2D eigenvalue weighted by molar-refractivity contribution is 14.0. The normalized spacial score (nSPS) is 15.6. The summed E-state index contributed by atoms with van der Waals surface area (Å²) < 4.78 is 10.8. The van der Waals surface area contributed by atoms with Crippen LogP contribution in [0.15, 0.2) is 4.99 Å². The zero-order valence-electron chi connectivity index (χ0n) is 19.0. The van der Waals surface area contributed by atoms with Gasteiger partial charge in [-0.15, -0.1) is 24.0 Å². The molecule has 2 N–H and O–H groups in total. The van der Waals surface area contributed by atoms with Gasteiger partial charge in [0, 0.05) is 59.5 Å². The van der Waals surface area contributed by atoms with E-state index in [2.05, 4.69) is 20.5 Å². The number of piperazine rings is 1. The Morgan fingerprint density at radius 2 is 1.66 bits per heavy atom. The molecule has 0 aromatic carbocycles. The maximum absolute atomic E-state index is 12.1. The summed E-state index contributed by atoms with van der Waals surface area (Å²) in [7, 11) is 1.80. The molecule has 29 heavy (non-hydrogen) atoms. The third kappa shape index (κ3) is 13.9. The van der Waals surface area contributed by atoms with E-state index in [-0.39, 0.29) is 30.1 Å². The molecular weight excluding hydrogens is 485 g/mol. The lowest BCUT2D eigenvalue weighted by Gasteiger charge is -2.35. The van der Waals surface area contributed by atoms with Gasteiger partial charge >= 0.3 is 6.09 Å². The van der Waals surface area contributed by atoms with E-state index in [1.54, 1.807) is 11.9 Å². The van der Waals surface area contributed by atoms with Crippen LogP contribution in [0.1, 0.15) is 47.0 Å². The highest BCUT2D eigenvalue weighted by Crippen LogP contribution is 2.11. The second-order valence-corrected chi connectivity index (χ2v) is 7.99. The molecule has 1 saturated heterocycles. The quantitative estimate of drug-likeness (QED) is 0.197. The second kappa shape index (κ2) is 16.0. The number of unbranched alkanes of at least 4 members (excludes halogenated alkanes) is 1. The van der Waals surface area contributed by atoms with Crippen molar-refractivity contribution in [3.8, 4) is 0 Å². The standard InChI is InChI=1S/C20H41N5O3.HI/c1-6-27-17-8-7-10-22-18(21-5)23-11-9-12-24-13-15-25(16-14-24)19(26)28-20(2,3)4;/h6-17H2,1-5H3,(H2,21,22,23);1H. The van der Waals surface area contributed by atoms with Crippen LogP contribution in [0.2, 0.25) is 0 Å². The summed E-state index contributed by atoms with van der Waals surface area (Å²) in [5.74, 6) is 0.853. The number of carbonyl (C=O) groups excluding carboxylic acids is 1. The Balaban J connectivity index is 0.00000784. The highest BCUT2D eigenvalue weighted by Gasteiger charge is 2.25. The van der Waals surface area contributed by atoms with Gasteiger partial charge in [-0.25, -0.2) is 4.79 Å². The maximum Gasteiger partial charge on any atom is 0.410 e. The first-order chi connectivity index (χ1) is 13.4. The predicted molar refractivity (Wildman–Crippen MR) is 129 cm³/mol. The summed E-state index contributed by atoms with van der Waals surface area (Å²) in [6.45, 7) is 15.4. The van der Waals surface area contributed by atoms with Crippen molar-refractivity contribution in [1.29, 1.82) is 0 Å². The van der Waals surface area contributed by atoms with Gasteiger partial charge in [-0.1, -0.05) is 0 Å². The summed E-state index contributed by atoms with van der Waals surface area (Å²) in [6.07, 6.45) is 2.97. The molecule has 0 atom stereocenters. The molecule has 0 aromatic heterocycles. The number of nitrogens with zero attached hydrogens (tertiary/aromatic N) is 3. The number of rotatable bonds is 10. The lowest BCUT2D eigenvalue weighted by atomic mass is 10.2. The summed E-state index contributed by atoms with van der Waals surface area (Å²) in [5.41, 5.74) is -0.435. The SMILES string of the molecule is CCOCCCCNC(=NC)NCCCN1CCN(C(=O)OC(C)(C)C)CC1.I. The molecule has 0 saturated carbocycles. The van der Waals surface area contributed by atoms with E-state index in [0.29, 0.717) is 0 Å². The Morgan fingerprint density at radius 3 is 2.21 bits per heavy atom. The fraction of sp³-hybridized carbons (Fsp3) is 0.900. The molecule has 0 radical (unpaired) electrons. The first kappa shape index (κ1) is 28.2. The number of carbonyl (C=O) groups is 1. The molecule has 0 spiro atoms. The molecule has 0 bridgehead atoms. The third-order valence-electron chi connectivity index (χ3n) is 4.40. The average Bonchev–Trinajstić information content (AvgIpc) is 2.65. The maximum atomic E-state index is 12.1. The van der Waals surface area contributed by atoms with Crippen molar-refractivity contribution in [3.63, 3.8) is 0 Å². The molecule has 172 valence electrons. The van der Waals surface area contributed by atoms with E-state index in [1.165, 1.54) is 0 Å². The van der Waals surface area contributed by atoms with Crippen molar-refractivity contribution < 1.29 is 14.3 Å². The van der Waals surface area contributed by atoms with Crippen LogP contribution in [0.4, 0.5) is 4.79 Å². The van der Waals surface area contributed by atoms with Crippen molar-refractivity contribution in [2.45, 2.75) is 52.6 Å². The van der Waals surface area contributed by atoms with Crippen molar-refractivity contribution in [3.05, 3.63) is 0 Å². The zero-order valence-corrected chi connectivity index (χ0v) is 21.3. The summed E-state index contributed by atoms with van der Waals surface area (Å²) >= 11 is 0. The Bertz CT molecular complexity index is 464. The second-order valence-electron chi connectivity index (χ2n) is 7.99. The summed E-state index contributed by atoms with van der Waals surface area (Å²) in [4.78, 5) is 20.6. The Labute approximate surface area is 194 Å². The van der Waals surface area contributed by atoms with Crippen LogP contribution >= 0.6 is 24.0 Å². The molecule has 0 unspecified atom stereocenters. The number of aliphatic imine (C=N–C) groups is 1. The van der Waals surface area contributed by atoms with E-state index >= 15 is 0 Å². The van der Waals surface area contributed by atoms with E-state index < -0.39 is 5.60 Å². The molecule has 1 aliphatic rings. The molecule has 1 amide bonds. The number of hydrogen-bond acceptors (Lipinski definition) is 5. The van der Waals surface area contributed by atoms with E-state index in [9.17, 15) is 4.79 Å². The summed E-state index contributed by atoms with van der Waals surface area (Å²) in [5, 5.41) is 6.69. The Hall–Kier alpha value is -0.810. The largest absolute Gasteiger partial charge is 0.444 e. The fourth-order valence-electron chi connectivity index (χ4n) is 2.89. The predicted octanol–water partition coefficient (Wildman–Crippen LogP) is 2.53. The molecule has 1 rings (SSSR count). The van der Waals surface area contributed by atoms with Crippen molar-refractivity contribution in [2.24, 2.45) is 4.99 Å². The van der Waals surface area contributed by atoms with Crippen LogP contribution in [-0.4, -0.2) is 93.5 Å². The van der Waals surface area contributed by atoms with Crippen molar-refractivity contribution in [2.75, 3.05) is 66.1 Å². The number of amides is 1. The number of ether oxygens (including phenoxy) is 2. The monoisotopic (exact) mass is 527 g/mol. The van der Waals surface area contributed by atoms with Crippen LogP contribution < -0.4 is 10.6 Å². The minimum absolute atomic E-state index is 0. The van der Waals surface area contributed by atoms with Gasteiger partial charge < -0.3 is 25.0 Å². The van der Waals surface area contributed by atoms with Crippen molar-refractivity contribution in [1.82, 2.24) is 20.4 Å². The Kier molecular flexibility index (Phi) is 15.5. The first-order valence-electron chi connectivity index (χ1n) is 10.6. The van der Waals surface area contributed by atoms with Crippen LogP contribution in [0.25, 0.3) is 0 Å². The minimum Gasteiger partial charge on any atom is -0.444 e. The van der Waals surface area contributed by atoms with Gasteiger partial charge in [-0.05, 0) is 53.5 Å². The van der Waals surface area contributed by atoms with Gasteiger partial charge in [0.05, 0.1) is 0 Å². The summed E-state index contributed by atoms with van der Waals surface area (Å²) in [6, 6.07) is 0. The van der Waals surface area contributed by atoms with Gasteiger partial charge in [0.15, 0.2) is 5.96 Å². The molecule has 9 heteroatoms. The lowest BCUT2D eigenvalue weighted by Crippen LogP contribution is -2.50. The lowest BCUT2D eigenvalue weighted by molar-refractivity contribution is 0.0145. The van der Waals surface area contributed by atoms with Crippen LogP contribution in [0.3, 0.4) is 0 Å². The van der Waals surface area contributed by atoms with Crippen LogP contribution in [0, 0.1) is 0 Å². The highest BCUT2D eigenvalue weighted by atomic mass is 127. The number of guanidine groups is 1. The molecule has 1 aliphatic heterocycles.